The molecule has 5 N–H and O–H groups in total. The minimum Gasteiger partial charge on any atom is -0.455 e. The predicted octanol–water partition coefficient (Wildman–Crippen LogP) is 3.19. The summed E-state index contributed by atoms with van der Waals surface area (Å²) in [4.78, 5) is 0. The highest BCUT2D eigenvalue weighted by Crippen LogP contribution is 2.27. The van der Waals surface area contributed by atoms with Crippen molar-refractivity contribution in [1.82, 2.24) is 0 Å². The molecule has 0 spiro atoms. The van der Waals surface area contributed by atoms with Gasteiger partial charge in [0.2, 0.25) is 0 Å². The number of hydrogen-bond acceptors (Lipinski definition) is 3. The minimum atomic E-state index is 0. The molecule has 0 saturated heterocycles. The first-order chi connectivity index (χ1) is 8.16. The lowest BCUT2D eigenvalue weighted by atomic mass is 10.2. The Kier molecular flexibility index (Phi) is 6.75. The van der Waals surface area contributed by atoms with Gasteiger partial charge in [0.05, 0.1) is 5.69 Å². The average Bonchev–Trinajstić information content (AvgIpc) is 2.32. The molecule has 0 aliphatic rings. The van der Waals surface area contributed by atoms with E-state index < -0.39 is 0 Å². The molecular weight excluding hydrogens is 285 g/mol. The van der Waals surface area contributed by atoms with Crippen LogP contribution in [-0.2, 0) is 0 Å². The third kappa shape index (κ3) is 4.35. The van der Waals surface area contributed by atoms with Crippen molar-refractivity contribution in [2.75, 3.05) is 5.73 Å². The molecule has 0 aliphatic heterocycles. The molecule has 2 aromatic carbocycles. The quantitative estimate of drug-likeness (QED) is 0.462. The highest BCUT2D eigenvalue weighted by atomic mass is 35.5. The van der Waals surface area contributed by atoms with E-state index in [0.717, 1.165) is 0 Å². The van der Waals surface area contributed by atoms with E-state index in [1.807, 2.05) is 12.1 Å². The highest BCUT2D eigenvalue weighted by molar-refractivity contribution is 5.95. The number of hydrogen-bond donors (Lipinski definition) is 3. The molecule has 0 bridgehead atoms. The fourth-order valence-electron chi connectivity index (χ4n) is 1.43. The van der Waals surface area contributed by atoms with Crippen LogP contribution in [0.5, 0.6) is 11.5 Å². The first kappa shape index (κ1) is 17.1. The van der Waals surface area contributed by atoms with Gasteiger partial charge >= 0.3 is 0 Å². The highest BCUT2D eigenvalue weighted by Gasteiger charge is 2.03. The van der Waals surface area contributed by atoms with Crippen LogP contribution >= 0.6 is 24.8 Å². The number of rotatable bonds is 3. The minimum absolute atomic E-state index is 0. The fourth-order valence-corrected chi connectivity index (χ4v) is 1.43. The number of amidine groups is 1. The van der Waals surface area contributed by atoms with Crippen molar-refractivity contribution in [2.45, 2.75) is 0 Å². The van der Waals surface area contributed by atoms with Crippen molar-refractivity contribution in [2.24, 2.45) is 5.73 Å². The molecule has 0 atom stereocenters. The number of nitrogen functional groups attached to an aromatic ring is 2. The van der Waals surface area contributed by atoms with Crippen LogP contribution in [0.4, 0.5) is 5.69 Å². The Bertz CT molecular complexity index is 561. The van der Waals surface area contributed by atoms with Gasteiger partial charge in [-0.15, -0.1) is 24.8 Å². The number of halogens is 2. The zero-order valence-corrected chi connectivity index (χ0v) is 11.6. The fraction of sp³-hybridized carbons (Fsp3) is 0. The second kappa shape index (κ2) is 7.51. The summed E-state index contributed by atoms with van der Waals surface area (Å²) in [5.74, 6) is 1.21. The summed E-state index contributed by atoms with van der Waals surface area (Å²) in [6.07, 6.45) is 0. The van der Waals surface area contributed by atoms with E-state index in [2.05, 4.69) is 0 Å². The Balaban J connectivity index is 0.00000162. The Hall–Kier alpha value is -1.91. The standard InChI is InChI=1S/C13H13N3O.2ClH/c14-11-6-1-2-7-12(11)17-10-5-3-4-9(8-10)13(15)16;;/h1-8H,14H2,(H3,15,16);2*1H. The van der Waals surface area contributed by atoms with Crippen LogP contribution in [0.1, 0.15) is 5.56 Å². The number of nitrogens with one attached hydrogen (secondary N) is 1. The predicted molar refractivity (Wildman–Crippen MR) is 82.9 cm³/mol. The first-order valence-corrected chi connectivity index (χ1v) is 5.13. The largest absolute Gasteiger partial charge is 0.455 e. The molecule has 2 aromatic rings. The lowest BCUT2D eigenvalue weighted by Crippen LogP contribution is -2.10. The molecule has 102 valence electrons. The van der Waals surface area contributed by atoms with Gasteiger partial charge in [-0.2, -0.15) is 0 Å². The van der Waals surface area contributed by atoms with Crippen LogP contribution < -0.4 is 16.2 Å². The van der Waals surface area contributed by atoms with Crippen molar-refractivity contribution in [3.8, 4) is 11.5 Å². The molecule has 0 unspecified atom stereocenters. The summed E-state index contributed by atoms with van der Waals surface area (Å²) in [5, 5.41) is 7.35. The molecule has 0 fully saturated rings. The molecule has 0 heterocycles. The molecule has 4 nitrogen and oxygen atoms in total. The van der Waals surface area contributed by atoms with Gasteiger partial charge in [-0.05, 0) is 24.3 Å². The van der Waals surface area contributed by atoms with Crippen LogP contribution in [-0.4, -0.2) is 5.84 Å². The van der Waals surface area contributed by atoms with Crippen LogP contribution in [0.3, 0.4) is 0 Å². The summed E-state index contributed by atoms with van der Waals surface area (Å²) in [6, 6.07) is 14.3. The number of para-hydroxylation sites is 2. The SMILES string of the molecule is Cl.Cl.N=C(N)c1cccc(Oc2ccccc2N)c1. The zero-order valence-electron chi connectivity index (χ0n) is 10.00. The lowest BCUT2D eigenvalue weighted by Gasteiger charge is -2.08. The van der Waals surface area contributed by atoms with Gasteiger partial charge in [0.15, 0.2) is 0 Å². The van der Waals surface area contributed by atoms with Gasteiger partial charge < -0.3 is 16.2 Å². The average molecular weight is 300 g/mol. The van der Waals surface area contributed by atoms with Crippen molar-refractivity contribution in [3.63, 3.8) is 0 Å². The molecule has 2 rings (SSSR count). The van der Waals surface area contributed by atoms with Gasteiger partial charge in [0.25, 0.3) is 0 Å². The van der Waals surface area contributed by atoms with Gasteiger partial charge in [-0.25, -0.2) is 0 Å². The van der Waals surface area contributed by atoms with Gasteiger partial charge in [-0.3, -0.25) is 5.41 Å². The maximum absolute atomic E-state index is 7.35. The Morgan fingerprint density at radius 3 is 2.32 bits per heavy atom. The Morgan fingerprint density at radius 2 is 1.68 bits per heavy atom. The third-order valence-corrected chi connectivity index (χ3v) is 2.29. The van der Waals surface area contributed by atoms with Gasteiger partial charge in [0, 0.05) is 5.56 Å². The van der Waals surface area contributed by atoms with Gasteiger partial charge in [0.1, 0.15) is 17.3 Å². The maximum atomic E-state index is 7.35. The van der Waals surface area contributed by atoms with Crippen LogP contribution in [0, 0.1) is 5.41 Å². The smallest absolute Gasteiger partial charge is 0.150 e. The molecule has 0 radical (unpaired) electrons. The van der Waals surface area contributed by atoms with E-state index >= 15 is 0 Å². The second-order valence-electron chi connectivity index (χ2n) is 3.58. The van der Waals surface area contributed by atoms with Crippen LogP contribution in [0.25, 0.3) is 0 Å². The first-order valence-electron chi connectivity index (χ1n) is 5.13. The summed E-state index contributed by atoms with van der Waals surface area (Å²) in [7, 11) is 0. The second-order valence-corrected chi connectivity index (χ2v) is 3.58. The topological polar surface area (TPSA) is 85.1 Å². The third-order valence-electron chi connectivity index (χ3n) is 2.29. The molecule has 0 aromatic heterocycles. The molecule has 6 heteroatoms. The van der Waals surface area contributed by atoms with E-state index in [9.17, 15) is 0 Å². The van der Waals surface area contributed by atoms with E-state index in [4.69, 9.17) is 21.6 Å². The molecule has 0 aliphatic carbocycles. The number of benzene rings is 2. The Labute approximate surface area is 124 Å². The van der Waals surface area contributed by atoms with E-state index in [-0.39, 0.29) is 30.6 Å². The monoisotopic (exact) mass is 299 g/mol. The molecule has 19 heavy (non-hydrogen) atoms. The van der Waals surface area contributed by atoms with E-state index in [0.29, 0.717) is 22.7 Å². The van der Waals surface area contributed by atoms with E-state index in [1.54, 1.807) is 36.4 Å². The van der Waals surface area contributed by atoms with Crippen molar-refractivity contribution in [3.05, 3.63) is 54.1 Å². The lowest BCUT2D eigenvalue weighted by molar-refractivity contribution is 0.485. The van der Waals surface area contributed by atoms with Crippen molar-refractivity contribution < 1.29 is 4.74 Å². The summed E-state index contributed by atoms with van der Waals surface area (Å²) in [6.45, 7) is 0. The summed E-state index contributed by atoms with van der Waals surface area (Å²) in [5.41, 5.74) is 12.4. The van der Waals surface area contributed by atoms with Crippen molar-refractivity contribution >= 4 is 36.3 Å². The van der Waals surface area contributed by atoms with Crippen molar-refractivity contribution in [1.29, 1.82) is 5.41 Å². The van der Waals surface area contributed by atoms with Gasteiger partial charge in [-0.1, -0.05) is 24.3 Å². The molecule has 0 saturated carbocycles. The zero-order chi connectivity index (χ0) is 12.3. The summed E-state index contributed by atoms with van der Waals surface area (Å²) >= 11 is 0. The molecule has 0 amide bonds. The summed E-state index contributed by atoms with van der Waals surface area (Å²) < 4.78 is 5.62. The van der Waals surface area contributed by atoms with Crippen LogP contribution in [0.2, 0.25) is 0 Å². The maximum Gasteiger partial charge on any atom is 0.150 e. The normalized spacial score (nSPS) is 8.84. The van der Waals surface area contributed by atoms with Crippen LogP contribution in [0.15, 0.2) is 48.5 Å². The molecular formula is C13H15Cl2N3O. The Morgan fingerprint density at radius 1 is 1.00 bits per heavy atom. The van der Waals surface area contributed by atoms with E-state index in [1.165, 1.54) is 0 Å². The number of ether oxygens (including phenoxy) is 1. The number of anilines is 1. The number of nitrogens with two attached hydrogens (primary N) is 2.